The second-order valence-electron chi connectivity index (χ2n) is 8.16. The Labute approximate surface area is 191 Å². The number of hydroxylamine groups is 1. The molecule has 176 valence electrons. The molecule has 2 rings (SSSR count). The van der Waals surface area contributed by atoms with Crippen molar-refractivity contribution >= 4 is 23.5 Å². The summed E-state index contributed by atoms with van der Waals surface area (Å²) in [6.07, 6.45) is 1.89. The summed E-state index contributed by atoms with van der Waals surface area (Å²) in [4.78, 5) is 35.2. The Balaban J connectivity index is 2.21. The van der Waals surface area contributed by atoms with Crippen molar-refractivity contribution in [2.45, 2.75) is 39.7 Å². The lowest BCUT2D eigenvalue weighted by molar-refractivity contribution is -0.124. The third-order valence-corrected chi connectivity index (χ3v) is 5.08. The third-order valence-electron chi connectivity index (χ3n) is 5.08. The summed E-state index contributed by atoms with van der Waals surface area (Å²) in [5.74, 6) is -2.15. The van der Waals surface area contributed by atoms with Gasteiger partial charge in [-0.15, -0.1) is 0 Å². The lowest BCUT2D eigenvalue weighted by atomic mass is 9.78. The third kappa shape index (κ3) is 7.43. The number of ketones is 1. The second kappa shape index (κ2) is 11.2. The van der Waals surface area contributed by atoms with Gasteiger partial charge in [0.05, 0.1) is 0 Å². The normalized spacial score (nSPS) is 12.3. The van der Waals surface area contributed by atoms with E-state index in [0.29, 0.717) is 29.7 Å². The Kier molecular flexibility index (Phi) is 8.70. The van der Waals surface area contributed by atoms with Crippen molar-refractivity contribution in [3.63, 3.8) is 0 Å². The van der Waals surface area contributed by atoms with Gasteiger partial charge < -0.3 is 9.84 Å². The van der Waals surface area contributed by atoms with E-state index in [4.69, 9.17) is 9.94 Å². The van der Waals surface area contributed by atoms with Crippen molar-refractivity contribution in [2.75, 3.05) is 5.32 Å². The molecular formula is C24H27FN2O6. The molecular weight excluding hydrogens is 431 g/mol. The largest absolute Gasteiger partial charge is 0.505 e. The molecule has 0 unspecified atom stereocenters. The Morgan fingerprint density at radius 1 is 1.15 bits per heavy atom. The molecule has 2 aromatic carbocycles. The number of anilines is 1. The number of nitrogens with one attached hydrogen (secondary N) is 2. The minimum Gasteiger partial charge on any atom is -0.505 e. The first-order valence-corrected chi connectivity index (χ1v) is 10.2. The van der Waals surface area contributed by atoms with Crippen LogP contribution in [-0.4, -0.2) is 28.1 Å². The molecule has 0 fully saturated rings. The van der Waals surface area contributed by atoms with Crippen LogP contribution >= 0.6 is 0 Å². The Morgan fingerprint density at radius 3 is 2.39 bits per heavy atom. The quantitative estimate of drug-likeness (QED) is 0.183. The average Bonchev–Trinajstić information content (AvgIpc) is 2.77. The van der Waals surface area contributed by atoms with Crippen molar-refractivity contribution < 1.29 is 33.8 Å². The highest BCUT2D eigenvalue weighted by Crippen LogP contribution is 2.41. The smallest absolute Gasteiger partial charge is 0.412 e. The van der Waals surface area contributed by atoms with Gasteiger partial charge in [-0.05, 0) is 61.7 Å². The number of rotatable bonds is 9. The van der Waals surface area contributed by atoms with Crippen LogP contribution in [0.25, 0.3) is 0 Å². The monoisotopic (exact) mass is 458 g/mol. The molecule has 1 atom stereocenters. The van der Waals surface area contributed by atoms with Crippen molar-refractivity contribution in [1.82, 2.24) is 5.48 Å². The van der Waals surface area contributed by atoms with Crippen LogP contribution in [0, 0.1) is 11.2 Å². The van der Waals surface area contributed by atoms with E-state index in [1.54, 1.807) is 30.3 Å². The average molecular weight is 458 g/mol. The maximum absolute atomic E-state index is 14.0. The molecule has 0 bridgehead atoms. The van der Waals surface area contributed by atoms with Crippen LogP contribution in [0.4, 0.5) is 14.9 Å². The zero-order valence-corrected chi connectivity index (χ0v) is 18.6. The van der Waals surface area contributed by atoms with Crippen LogP contribution in [0.15, 0.2) is 54.6 Å². The van der Waals surface area contributed by atoms with Crippen molar-refractivity contribution in [2.24, 2.45) is 5.41 Å². The van der Waals surface area contributed by atoms with Crippen LogP contribution < -0.4 is 10.8 Å². The number of carbonyl (C=O) groups excluding carboxylic acids is 3. The molecule has 8 nitrogen and oxygen atoms in total. The standard InChI is InChI=1S/C24H27FN2O6/c1-15(28)16-7-10-18(11-8-16)26-23(31)33-22(17-9-12-20(29)19(25)14-17)24(2,3)13-5-4-6-21(30)27-32/h4,6-12,14,22,29,32H,5,13H2,1-3H3,(H,26,31)(H,27,30)/b6-4+/t22-/m0/s1. The molecule has 0 heterocycles. The second-order valence-corrected chi connectivity index (χ2v) is 8.16. The van der Waals surface area contributed by atoms with Gasteiger partial charge in [-0.2, -0.15) is 0 Å². The molecule has 33 heavy (non-hydrogen) atoms. The summed E-state index contributed by atoms with van der Waals surface area (Å²) in [5, 5.41) is 20.7. The lowest BCUT2D eigenvalue weighted by Gasteiger charge is -2.34. The fourth-order valence-electron chi connectivity index (χ4n) is 3.22. The highest BCUT2D eigenvalue weighted by Gasteiger charge is 2.34. The molecule has 0 radical (unpaired) electrons. The number of hydrogen-bond donors (Lipinski definition) is 4. The zero-order valence-electron chi connectivity index (χ0n) is 18.6. The SMILES string of the molecule is CC(=O)c1ccc(NC(=O)O[C@@H](c2ccc(O)c(F)c2)C(C)(C)CC/C=C/C(=O)NO)cc1. The fraction of sp³-hybridized carbons (Fsp3) is 0.292. The number of phenols is 1. The van der Waals surface area contributed by atoms with E-state index < -0.39 is 35.1 Å². The number of aromatic hydroxyl groups is 1. The first-order chi connectivity index (χ1) is 15.5. The topological polar surface area (TPSA) is 125 Å². The van der Waals surface area contributed by atoms with Gasteiger partial charge in [0.15, 0.2) is 17.3 Å². The van der Waals surface area contributed by atoms with E-state index in [0.717, 1.165) is 6.07 Å². The number of halogens is 1. The molecule has 2 aromatic rings. The van der Waals surface area contributed by atoms with E-state index >= 15 is 0 Å². The number of Topliss-reactive ketones (excluding diaryl/α,β-unsaturated/α-hetero) is 1. The van der Waals surface area contributed by atoms with E-state index in [-0.39, 0.29) is 5.78 Å². The molecule has 0 saturated carbocycles. The van der Waals surface area contributed by atoms with Gasteiger partial charge >= 0.3 is 6.09 Å². The van der Waals surface area contributed by atoms with Gasteiger partial charge in [0, 0.05) is 22.7 Å². The van der Waals surface area contributed by atoms with Gasteiger partial charge in [0.2, 0.25) is 0 Å². The molecule has 0 aliphatic heterocycles. The Morgan fingerprint density at radius 2 is 1.82 bits per heavy atom. The summed E-state index contributed by atoms with van der Waals surface area (Å²) in [6.45, 7) is 5.07. The predicted octanol–water partition coefficient (Wildman–Crippen LogP) is 4.89. The summed E-state index contributed by atoms with van der Waals surface area (Å²) in [7, 11) is 0. The minimum atomic E-state index is -0.899. The minimum absolute atomic E-state index is 0.106. The number of ether oxygens (including phenoxy) is 1. The predicted molar refractivity (Wildman–Crippen MR) is 119 cm³/mol. The van der Waals surface area contributed by atoms with Gasteiger partial charge in [-0.3, -0.25) is 20.1 Å². The molecule has 9 heteroatoms. The van der Waals surface area contributed by atoms with E-state index in [9.17, 15) is 23.9 Å². The van der Waals surface area contributed by atoms with Crippen LogP contribution in [-0.2, 0) is 9.53 Å². The fourth-order valence-corrected chi connectivity index (χ4v) is 3.22. The van der Waals surface area contributed by atoms with Crippen molar-refractivity contribution in [1.29, 1.82) is 0 Å². The van der Waals surface area contributed by atoms with Gasteiger partial charge in [0.1, 0.15) is 6.10 Å². The number of phenolic OH excluding ortho intramolecular Hbond substituents is 1. The van der Waals surface area contributed by atoms with Crippen molar-refractivity contribution in [3.05, 3.63) is 71.6 Å². The molecule has 0 aliphatic rings. The molecule has 0 aromatic heterocycles. The maximum atomic E-state index is 14.0. The molecule has 0 saturated heterocycles. The van der Waals surface area contributed by atoms with Gasteiger partial charge in [-0.25, -0.2) is 14.7 Å². The first-order valence-electron chi connectivity index (χ1n) is 10.2. The number of benzene rings is 2. The summed E-state index contributed by atoms with van der Waals surface area (Å²) < 4.78 is 19.7. The molecule has 0 aliphatic carbocycles. The maximum Gasteiger partial charge on any atom is 0.412 e. The van der Waals surface area contributed by atoms with Crippen LogP contribution in [0.5, 0.6) is 5.75 Å². The summed E-state index contributed by atoms with van der Waals surface area (Å²) in [6, 6.07) is 10.0. The highest BCUT2D eigenvalue weighted by molar-refractivity contribution is 5.95. The number of amides is 2. The van der Waals surface area contributed by atoms with Crippen LogP contribution in [0.3, 0.4) is 0 Å². The summed E-state index contributed by atoms with van der Waals surface area (Å²) >= 11 is 0. The molecule has 0 spiro atoms. The van der Waals surface area contributed by atoms with E-state index in [1.165, 1.54) is 30.6 Å². The van der Waals surface area contributed by atoms with Crippen LogP contribution in [0.2, 0.25) is 0 Å². The Bertz CT molecular complexity index is 1030. The summed E-state index contributed by atoms with van der Waals surface area (Å²) in [5.41, 5.74) is 2.04. The van der Waals surface area contributed by atoms with Crippen LogP contribution in [0.1, 0.15) is 55.6 Å². The highest BCUT2D eigenvalue weighted by atomic mass is 19.1. The molecule has 2 amide bonds. The van der Waals surface area contributed by atoms with E-state index in [1.807, 2.05) is 13.8 Å². The number of carbonyl (C=O) groups is 3. The Hall–Kier alpha value is -3.72. The number of allylic oxidation sites excluding steroid dienone is 1. The van der Waals surface area contributed by atoms with Gasteiger partial charge in [-0.1, -0.05) is 26.0 Å². The zero-order chi connectivity index (χ0) is 24.6. The van der Waals surface area contributed by atoms with E-state index in [2.05, 4.69) is 5.32 Å². The number of hydrogen-bond acceptors (Lipinski definition) is 6. The lowest BCUT2D eigenvalue weighted by Crippen LogP contribution is -2.29. The van der Waals surface area contributed by atoms with Crippen molar-refractivity contribution in [3.8, 4) is 5.75 Å². The first kappa shape index (κ1) is 25.5. The molecule has 4 N–H and O–H groups in total. The van der Waals surface area contributed by atoms with Gasteiger partial charge in [0.25, 0.3) is 5.91 Å².